The molecule has 8 nitrogen and oxygen atoms in total. The standard InChI is InChI=1S/C19H24Cl2N2O6S/c1-18(2,30-21)19(20,17(26)29-5)23-10-12(16(23)25)22-15(24)9-11-13(27-3)7-6-8-14(11)28-4/h6-8,12H,9-10H2,1-5H3,(H,22,24). The Morgan fingerprint density at radius 3 is 2.23 bits per heavy atom. The number of methoxy groups -OCH3 is 3. The number of nitrogens with one attached hydrogen (secondary N) is 1. The molecule has 1 saturated heterocycles. The van der Waals surface area contributed by atoms with E-state index in [9.17, 15) is 14.4 Å². The Morgan fingerprint density at radius 1 is 1.23 bits per heavy atom. The van der Waals surface area contributed by atoms with E-state index in [4.69, 9.17) is 36.5 Å². The Kier molecular flexibility index (Phi) is 7.76. The second-order valence-corrected chi connectivity index (χ2v) is 9.27. The lowest BCUT2D eigenvalue weighted by atomic mass is 9.94. The van der Waals surface area contributed by atoms with E-state index in [1.807, 2.05) is 0 Å². The minimum absolute atomic E-state index is 0.0348. The van der Waals surface area contributed by atoms with Crippen molar-refractivity contribution in [3.8, 4) is 11.5 Å². The summed E-state index contributed by atoms with van der Waals surface area (Å²) in [4.78, 5) is 37.0. The van der Waals surface area contributed by atoms with Crippen LogP contribution >= 0.6 is 33.3 Å². The molecule has 0 radical (unpaired) electrons. The first-order chi connectivity index (χ1) is 14.1. The van der Waals surface area contributed by atoms with Crippen molar-refractivity contribution in [2.45, 2.75) is 36.1 Å². The van der Waals surface area contributed by atoms with Gasteiger partial charge in [-0.25, -0.2) is 4.79 Å². The molecule has 2 unspecified atom stereocenters. The summed E-state index contributed by atoms with van der Waals surface area (Å²) in [5.74, 6) is -0.719. The molecule has 1 aliphatic rings. The maximum Gasteiger partial charge on any atom is 0.349 e. The Bertz CT molecular complexity index is 815. The summed E-state index contributed by atoms with van der Waals surface area (Å²) in [6.07, 6.45) is -0.0526. The number of benzene rings is 1. The van der Waals surface area contributed by atoms with Gasteiger partial charge < -0.3 is 24.4 Å². The quantitative estimate of drug-likeness (QED) is 0.252. The van der Waals surface area contributed by atoms with Crippen molar-refractivity contribution in [2.24, 2.45) is 0 Å². The van der Waals surface area contributed by atoms with Gasteiger partial charge in [0.15, 0.2) is 0 Å². The highest BCUT2D eigenvalue weighted by molar-refractivity contribution is 8.22. The van der Waals surface area contributed by atoms with Crippen LogP contribution < -0.4 is 14.8 Å². The highest BCUT2D eigenvalue weighted by atomic mass is 35.7. The number of likely N-dealkylation sites (tertiary alicyclic amines) is 1. The monoisotopic (exact) mass is 478 g/mol. The highest BCUT2D eigenvalue weighted by Crippen LogP contribution is 2.47. The molecule has 30 heavy (non-hydrogen) atoms. The lowest BCUT2D eigenvalue weighted by Crippen LogP contribution is -2.75. The molecule has 2 amide bonds. The number of β-lactam (4-membered cyclic amide) rings is 1. The number of hydrogen-bond acceptors (Lipinski definition) is 7. The van der Waals surface area contributed by atoms with Gasteiger partial charge in [-0.2, -0.15) is 0 Å². The maximum atomic E-state index is 12.7. The van der Waals surface area contributed by atoms with Crippen LogP contribution in [0.25, 0.3) is 0 Å². The van der Waals surface area contributed by atoms with E-state index in [0.717, 1.165) is 15.9 Å². The second kappa shape index (κ2) is 9.53. The van der Waals surface area contributed by atoms with E-state index >= 15 is 0 Å². The van der Waals surface area contributed by atoms with Crippen LogP contribution in [0.3, 0.4) is 0 Å². The molecule has 1 N–H and O–H groups in total. The number of halogens is 2. The number of nitrogens with zero attached hydrogens (tertiary/aromatic N) is 1. The van der Waals surface area contributed by atoms with Gasteiger partial charge >= 0.3 is 5.97 Å². The van der Waals surface area contributed by atoms with Gasteiger partial charge in [0, 0.05) is 5.56 Å². The minimum Gasteiger partial charge on any atom is -0.496 e. The first-order valence-electron chi connectivity index (χ1n) is 8.95. The van der Waals surface area contributed by atoms with Crippen molar-refractivity contribution in [3.63, 3.8) is 0 Å². The molecule has 1 fully saturated rings. The maximum absolute atomic E-state index is 12.7. The van der Waals surface area contributed by atoms with E-state index in [1.165, 1.54) is 21.3 Å². The van der Waals surface area contributed by atoms with Crippen LogP contribution in [0.5, 0.6) is 11.5 Å². The SMILES string of the molecule is COC(=O)C(Cl)(N1CC(NC(=O)Cc2c(OC)cccc2OC)C1=O)C(C)(C)SCl. The van der Waals surface area contributed by atoms with Crippen molar-refractivity contribution >= 4 is 51.0 Å². The van der Waals surface area contributed by atoms with E-state index in [-0.39, 0.29) is 13.0 Å². The fourth-order valence-corrected chi connectivity index (χ4v) is 4.28. The Morgan fingerprint density at radius 2 is 1.80 bits per heavy atom. The first-order valence-corrected chi connectivity index (χ1v) is 11.0. The molecule has 11 heteroatoms. The predicted molar refractivity (Wildman–Crippen MR) is 115 cm³/mol. The van der Waals surface area contributed by atoms with Gasteiger partial charge in [0.1, 0.15) is 17.5 Å². The van der Waals surface area contributed by atoms with E-state index in [1.54, 1.807) is 32.0 Å². The molecule has 2 atom stereocenters. The van der Waals surface area contributed by atoms with Gasteiger partial charge in [-0.1, -0.05) is 17.7 Å². The molecule has 0 aliphatic carbocycles. The second-order valence-electron chi connectivity index (χ2n) is 7.09. The molecule has 2 rings (SSSR count). The van der Waals surface area contributed by atoms with Crippen LogP contribution in [0.2, 0.25) is 0 Å². The molecule has 1 aliphatic heterocycles. The fourth-order valence-electron chi connectivity index (χ4n) is 3.19. The molecule has 1 aromatic carbocycles. The van der Waals surface area contributed by atoms with Crippen molar-refractivity contribution in [1.82, 2.24) is 10.2 Å². The number of esters is 1. The van der Waals surface area contributed by atoms with Crippen LogP contribution in [0.15, 0.2) is 18.2 Å². The van der Waals surface area contributed by atoms with Gasteiger partial charge in [0.05, 0.1) is 39.0 Å². The summed E-state index contributed by atoms with van der Waals surface area (Å²) in [7, 11) is 10.9. The fraction of sp³-hybridized carbons (Fsp3) is 0.526. The van der Waals surface area contributed by atoms with Gasteiger partial charge in [-0.3, -0.25) is 9.59 Å². The van der Waals surface area contributed by atoms with Crippen molar-refractivity contribution < 1.29 is 28.6 Å². The van der Waals surface area contributed by atoms with Crippen LogP contribution in [-0.2, 0) is 25.5 Å². The van der Waals surface area contributed by atoms with Gasteiger partial charge in [-0.05, 0) is 47.6 Å². The van der Waals surface area contributed by atoms with Crippen LogP contribution in [0.1, 0.15) is 19.4 Å². The Balaban J connectivity index is 2.13. The van der Waals surface area contributed by atoms with Gasteiger partial charge in [-0.15, -0.1) is 0 Å². The van der Waals surface area contributed by atoms with Crippen molar-refractivity contribution in [2.75, 3.05) is 27.9 Å². The molecule has 0 bridgehead atoms. The van der Waals surface area contributed by atoms with E-state index < -0.39 is 33.6 Å². The van der Waals surface area contributed by atoms with Crippen molar-refractivity contribution in [1.29, 1.82) is 0 Å². The zero-order valence-electron chi connectivity index (χ0n) is 17.3. The first kappa shape index (κ1) is 24.4. The molecule has 0 aromatic heterocycles. The lowest BCUT2D eigenvalue weighted by Gasteiger charge is -2.51. The molecular formula is C19H24Cl2N2O6S. The number of ether oxygens (including phenoxy) is 3. The van der Waals surface area contributed by atoms with Gasteiger partial charge in [0.25, 0.3) is 0 Å². The number of alkyl halides is 1. The molecule has 0 spiro atoms. The van der Waals surface area contributed by atoms with E-state index in [0.29, 0.717) is 17.1 Å². The molecule has 166 valence electrons. The third kappa shape index (κ3) is 4.29. The normalized spacial score (nSPS) is 18.2. The molecule has 0 saturated carbocycles. The third-order valence-corrected chi connectivity index (χ3v) is 7.73. The third-order valence-electron chi connectivity index (χ3n) is 4.95. The number of carbonyl (C=O) groups is 3. The molecule has 1 heterocycles. The van der Waals surface area contributed by atoms with Crippen LogP contribution in [0, 0.1) is 0 Å². The minimum atomic E-state index is -1.82. The summed E-state index contributed by atoms with van der Waals surface area (Å²) in [6.45, 7) is 3.29. The van der Waals surface area contributed by atoms with Gasteiger partial charge in [0.2, 0.25) is 16.8 Å². The number of carbonyl (C=O) groups excluding carboxylic acids is 3. The topological polar surface area (TPSA) is 94.2 Å². The van der Waals surface area contributed by atoms with Crippen molar-refractivity contribution in [3.05, 3.63) is 23.8 Å². The lowest BCUT2D eigenvalue weighted by molar-refractivity contribution is -0.166. The summed E-state index contributed by atoms with van der Waals surface area (Å²) < 4.78 is 14.3. The Labute approximate surface area is 189 Å². The predicted octanol–water partition coefficient (Wildman–Crippen LogP) is 2.35. The van der Waals surface area contributed by atoms with E-state index in [2.05, 4.69) is 5.32 Å². The average Bonchev–Trinajstić information content (AvgIpc) is 2.74. The number of amides is 2. The summed E-state index contributed by atoms with van der Waals surface area (Å²) in [5.41, 5.74) is 0.560. The molecule has 1 aromatic rings. The smallest absolute Gasteiger partial charge is 0.349 e. The zero-order valence-corrected chi connectivity index (χ0v) is 19.6. The highest BCUT2D eigenvalue weighted by Gasteiger charge is 2.62. The number of hydrogen-bond donors (Lipinski definition) is 1. The largest absolute Gasteiger partial charge is 0.496 e. The summed E-state index contributed by atoms with van der Waals surface area (Å²) >= 11 is 6.57. The zero-order chi connectivity index (χ0) is 22.7. The average molecular weight is 479 g/mol. The number of rotatable bonds is 9. The van der Waals surface area contributed by atoms with Crippen LogP contribution in [-0.4, -0.2) is 66.3 Å². The van der Waals surface area contributed by atoms with Crippen LogP contribution in [0.4, 0.5) is 0 Å². The Hall–Kier alpha value is -1.84. The summed E-state index contributed by atoms with van der Waals surface area (Å²) in [6, 6.07) is 4.35. The molecular weight excluding hydrogens is 455 g/mol. The summed E-state index contributed by atoms with van der Waals surface area (Å²) in [5, 5.41) is 2.65.